The maximum Gasteiger partial charge on any atom is 0.0838 e. The fraction of sp³-hybridized carbons (Fsp3) is 0.600. The standard InChI is InChI=1S/C15H22O2/c16-11-15(14-9-5-2-6-10-14)17-12-13-7-3-1-4-8-13/h1,3-4,7-8,14-16H,2,5-6,9-12H2. The summed E-state index contributed by atoms with van der Waals surface area (Å²) in [4.78, 5) is 0. The van der Waals surface area contributed by atoms with E-state index in [1.54, 1.807) is 0 Å². The average molecular weight is 234 g/mol. The van der Waals surface area contributed by atoms with Gasteiger partial charge in [-0.25, -0.2) is 0 Å². The lowest BCUT2D eigenvalue weighted by Crippen LogP contribution is -2.29. The molecule has 0 amide bonds. The largest absolute Gasteiger partial charge is 0.394 e. The minimum Gasteiger partial charge on any atom is -0.394 e. The molecule has 0 spiro atoms. The minimum atomic E-state index is 0.0236. The Morgan fingerprint density at radius 2 is 1.82 bits per heavy atom. The summed E-state index contributed by atoms with van der Waals surface area (Å²) in [6.07, 6.45) is 6.36. The van der Waals surface area contributed by atoms with Crippen LogP contribution < -0.4 is 0 Å². The van der Waals surface area contributed by atoms with Gasteiger partial charge in [0.2, 0.25) is 0 Å². The van der Waals surface area contributed by atoms with E-state index in [0.29, 0.717) is 12.5 Å². The summed E-state index contributed by atoms with van der Waals surface area (Å²) in [5.41, 5.74) is 1.18. The van der Waals surface area contributed by atoms with E-state index in [1.807, 2.05) is 18.2 Å². The molecule has 0 saturated heterocycles. The maximum absolute atomic E-state index is 9.43. The summed E-state index contributed by atoms with van der Waals surface area (Å²) in [7, 11) is 0. The Balaban J connectivity index is 1.82. The molecule has 17 heavy (non-hydrogen) atoms. The van der Waals surface area contributed by atoms with Gasteiger partial charge in [0, 0.05) is 0 Å². The number of aliphatic hydroxyl groups excluding tert-OH is 1. The van der Waals surface area contributed by atoms with Crippen molar-refractivity contribution in [3.05, 3.63) is 35.9 Å². The molecule has 1 aliphatic carbocycles. The number of rotatable bonds is 5. The molecule has 2 rings (SSSR count). The molecular formula is C15H22O2. The first-order chi connectivity index (χ1) is 8.40. The van der Waals surface area contributed by atoms with Gasteiger partial charge in [-0.2, -0.15) is 0 Å². The fourth-order valence-corrected chi connectivity index (χ4v) is 2.62. The number of benzene rings is 1. The quantitative estimate of drug-likeness (QED) is 0.848. The highest BCUT2D eigenvalue weighted by atomic mass is 16.5. The van der Waals surface area contributed by atoms with Crippen LogP contribution >= 0.6 is 0 Å². The first-order valence-corrected chi connectivity index (χ1v) is 6.66. The lowest BCUT2D eigenvalue weighted by Gasteiger charge is -2.29. The zero-order chi connectivity index (χ0) is 11.9. The van der Waals surface area contributed by atoms with E-state index in [0.717, 1.165) is 0 Å². The number of ether oxygens (including phenoxy) is 1. The minimum absolute atomic E-state index is 0.0236. The van der Waals surface area contributed by atoms with Crippen LogP contribution in [0, 0.1) is 5.92 Å². The van der Waals surface area contributed by atoms with Crippen molar-refractivity contribution in [2.45, 2.75) is 44.8 Å². The lowest BCUT2D eigenvalue weighted by molar-refractivity contribution is -0.0416. The molecule has 1 aromatic rings. The highest BCUT2D eigenvalue weighted by molar-refractivity contribution is 5.13. The Kier molecular flexibility index (Phi) is 5.02. The second-order valence-corrected chi connectivity index (χ2v) is 4.92. The van der Waals surface area contributed by atoms with Crippen LogP contribution in [0.4, 0.5) is 0 Å². The summed E-state index contributed by atoms with van der Waals surface area (Å²) < 4.78 is 5.87. The Hall–Kier alpha value is -0.860. The van der Waals surface area contributed by atoms with E-state index >= 15 is 0 Å². The van der Waals surface area contributed by atoms with Gasteiger partial charge < -0.3 is 9.84 Å². The average Bonchev–Trinajstić information content (AvgIpc) is 2.42. The molecule has 1 N–H and O–H groups in total. The van der Waals surface area contributed by atoms with E-state index in [1.165, 1.54) is 37.7 Å². The molecule has 0 aliphatic heterocycles. The van der Waals surface area contributed by atoms with Crippen LogP contribution in [0.1, 0.15) is 37.7 Å². The van der Waals surface area contributed by atoms with Crippen LogP contribution in [0.15, 0.2) is 30.3 Å². The van der Waals surface area contributed by atoms with Gasteiger partial charge in [0.25, 0.3) is 0 Å². The van der Waals surface area contributed by atoms with Crippen molar-refractivity contribution in [1.29, 1.82) is 0 Å². The maximum atomic E-state index is 9.43. The lowest BCUT2D eigenvalue weighted by atomic mass is 9.85. The van der Waals surface area contributed by atoms with E-state index in [4.69, 9.17) is 4.74 Å². The van der Waals surface area contributed by atoms with Crippen LogP contribution in [-0.4, -0.2) is 17.8 Å². The van der Waals surface area contributed by atoms with Crippen molar-refractivity contribution in [2.24, 2.45) is 5.92 Å². The van der Waals surface area contributed by atoms with Gasteiger partial charge in [-0.3, -0.25) is 0 Å². The molecular weight excluding hydrogens is 212 g/mol. The van der Waals surface area contributed by atoms with Gasteiger partial charge in [0.1, 0.15) is 0 Å². The molecule has 1 aromatic carbocycles. The SMILES string of the molecule is OCC(OCc1ccccc1)C1CCCCC1. The van der Waals surface area contributed by atoms with Gasteiger partial charge in [-0.05, 0) is 24.3 Å². The van der Waals surface area contributed by atoms with E-state index < -0.39 is 0 Å². The van der Waals surface area contributed by atoms with Crippen LogP contribution in [0.5, 0.6) is 0 Å². The summed E-state index contributed by atoms with van der Waals surface area (Å²) in [5.74, 6) is 0.553. The van der Waals surface area contributed by atoms with Crippen molar-refractivity contribution >= 4 is 0 Å². The third kappa shape index (κ3) is 3.83. The van der Waals surface area contributed by atoms with Gasteiger partial charge in [0.15, 0.2) is 0 Å². The predicted octanol–water partition coefficient (Wildman–Crippen LogP) is 3.14. The number of hydrogen-bond donors (Lipinski definition) is 1. The zero-order valence-corrected chi connectivity index (χ0v) is 10.3. The fourth-order valence-electron chi connectivity index (χ4n) is 2.62. The second kappa shape index (κ2) is 6.77. The monoisotopic (exact) mass is 234 g/mol. The first kappa shape index (κ1) is 12.6. The molecule has 1 atom stereocenters. The molecule has 0 aromatic heterocycles. The first-order valence-electron chi connectivity index (χ1n) is 6.66. The molecule has 94 valence electrons. The van der Waals surface area contributed by atoms with Crippen LogP contribution in [0.3, 0.4) is 0 Å². The van der Waals surface area contributed by atoms with Gasteiger partial charge in [0.05, 0.1) is 19.3 Å². The van der Waals surface area contributed by atoms with Crippen LogP contribution in [0.2, 0.25) is 0 Å². The predicted molar refractivity (Wildman–Crippen MR) is 68.7 cm³/mol. The van der Waals surface area contributed by atoms with Crippen molar-refractivity contribution in [3.63, 3.8) is 0 Å². The molecule has 1 saturated carbocycles. The molecule has 2 heteroatoms. The Morgan fingerprint density at radius 1 is 1.12 bits per heavy atom. The molecule has 1 unspecified atom stereocenters. The Labute approximate surface area is 104 Å². The van der Waals surface area contributed by atoms with E-state index in [9.17, 15) is 5.11 Å². The molecule has 1 fully saturated rings. The zero-order valence-electron chi connectivity index (χ0n) is 10.3. The summed E-state index contributed by atoms with van der Waals surface area (Å²) in [6.45, 7) is 0.764. The van der Waals surface area contributed by atoms with E-state index in [-0.39, 0.29) is 12.7 Å². The van der Waals surface area contributed by atoms with Crippen LogP contribution in [-0.2, 0) is 11.3 Å². The molecule has 0 heterocycles. The van der Waals surface area contributed by atoms with Gasteiger partial charge in [-0.1, -0.05) is 49.6 Å². The molecule has 0 radical (unpaired) electrons. The normalized spacial score (nSPS) is 19.1. The highest BCUT2D eigenvalue weighted by Crippen LogP contribution is 2.28. The van der Waals surface area contributed by atoms with Crippen molar-refractivity contribution in [3.8, 4) is 0 Å². The van der Waals surface area contributed by atoms with E-state index in [2.05, 4.69) is 12.1 Å². The topological polar surface area (TPSA) is 29.5 Å². The van der Waals surface area contributed by atoms with Crippen molar-refractivity contribution in [2.75, 3.05) is 6.61 Å². The third-order valence-corrected chi connectivity index (χ3v) is 3.66. The van der Waals surface area contributed by atoms with Crippen LogP contribution in [0.25, 0.3) is 0 Å². The Bertz CT molecular complexity index is 304. The summed E-state index contributed by atoms with van der Waals surface area (Å²) >= 11 is 0. The number of aliphatic hydroxyl groups is 1. The smallest absolute Gasteiger partial charge is 0.0838 e. The third-order valence-electron chi connectivity index (χ3n) is 3.66. The number of hydrogen-bond acceptors (Lipinski definition) is 2. The summed E-state index contributed by atoms with van der Waals surface area (Å²) in [5, 5.41) is 9.43. The Morgan fingerprint density at radius 3 is 2.47 bits per heavy atom. The molecule has 1 aliphatic rings. The molecule has 2 nitrogen and oxygen atoms in total. The van der Waals surface area contributed by atoms with Crippen molar-refractivity contribution in [1.82, 2.24) is 0 Å². The molecule has 0 bridgehead atoms. The van der Waals surface area contributed by atoms with Gasteiger partial charge >= 0.3 is 0 Å². The second-order valence-electron chi connectivity index (χ2n) is 4.92. The highest BCUT2D eigenvalue weighted by Gasteiger charge is 2.23. The van der Waals surface area contributed by atoms with Crippen molar-refractivity contribution < 1.29 is 9.84 Å². The summed E-state index contributed by atoms with van der Waals surface area (Å²) in [6, 6.07) is 10.2. The van der Waals surface area contributed by atoms with Gasteiger partial charge in [-0.15, -0.1) is 0 Å².